The summed E-state index contributed by atoms with van der Waals surface area (Å²) in [5, 5.41) is 8.34. The number of carbonyl (C=O) groups is 1. The molecule has 2 aromatic carbocycles. The van der Waals surface area contributed by atoms with Crippen molar-refractivity contribution in [2.45, 2.75) is 20.0 Å². The fraction of sp³-hybridized carbons (Fsp3) is 0.304. The molecule has 2 heterocycles. The highest BCUT2D eigenvalue weighted by Crippen LogP contribution is 2.30. The average molecular weight is 425 g/mol. The number of hydrogen-bond donors (Lipinski definition) is 1. The minimum absolute atomic E-state index is 0.0959. The molecule has 4 rings (SSSR count). The van der Waals surface area contributed by atoms with Gasteiger partial charge in [0.05, 0.1) is 13.2 Å². The van der Waals surface area contributed by atoms with Crippen LogP contribution in [0.15, 0.2) is 54.7 Å². The van der Waals surface area contributed by atoms with Gasteiger partial charge in [-0.25, -0.2) is 0 Å². The third kappa shape index (κ3) is 5.01. The highest BCUT2D eigenvalue weighted by molar-refractivity contribution is 6.30. The van der Waals surface area contributed by atoms with Gasteiger partial charge in [-0.15, -0.1) is 0 Å². The number of carbonyl (C=O) groups excluding carboxylic acids is 1. The number of halogens is 1. The Morgan fingerprint density at radius 3 is 2.67 bits per heavy atom. The second-order valence-electron chi connectivity index (χ2n) is 7.44. The highest BCUT2D eigenvalue weighted by Gasteiger charge is 2.20. The molecular formula is C23H25ClN4O2. The number of nitrogens with one attached hydrogen (secondary N) is 1. The predicted molar refractivity (Wildman–Crippen MR) is 119 cm³/mol. The molecule has 3 aromatic rings. The molecule has 0 radical (unpaired) electrons. The smallest absolute Gasteiger partial charge is 0.241 e. The van der Waals surface area contributed by atoms with E-state index in [1.807, 2.05) is 30.5 Å². The zero-order chi connectivity index (χ0) is 20.9. The zero-order valence-electron chi connectivity index (χ0n) is 17.0. The lowest BCUT2D eigenvalue weighted by atomic mass is 10.1. The van der Waals surface area contributed by atoms with Crippen LogP contribution in [0.2, 0.25) is 5.02 Å². The van der Waals surface area contributed by atoms with Crippen LogP contribution in [0.25, 0.3) is 11.1 Å². The molecule has 1 saturated heterocycles. The molecule has 0 saturated carbocycles. The van der Waals surface area contributed by atoms with Crippen LogP contribution in [0.1, 0.15) is 11.1 Å². The molecule has 6 nitrogen and oxygen atoms in total. The van der Waals surface area contributed by atoms with E-state index in [1.165, 1.54) is 5.56 Å². The monoisotopic (exact) mass is 424 g/mol. The van der Waals surface area contributed by atoms with Crippen molar-refractivity contribution in [2.75, 3.05) is 31.2 Å². The summed E-state index contributed by atoms with van der Waals surface area (Å²) in [6.07, 6.45) is 1.95. The van der Waals surface area contributed by atoms with Gasteiger partial charge in [0.25, 0.3) is 0 Å². The minimum Gasteiger partial charge on any atom is -0.378 e. The molecule has 1 amide bonds. The number of aromatic nitrogens is 2. The first-order chi connectivity index (χ1) is 14.6. The maximum atomic E-state index is 12.5. The third-order valence-corrected chi connectivity index (χ3v) is 5.33. The van der Waals surface area contributed by atoms with Crippen molar-refractivity contribution in [3.63, 3.8) is 0 Å². The Labute approximate surface area is 181 Å². The van der Waals surface area contributed by atoms with E-state index in [9.17, 15) is 4.79 Å². The van der Waals surface area contributed by atoms with E-state index in [0.717, 1.165) is 35.6 Å². The van der Waals surface area contributed by atoms with Crippen LogP contribution in [0.5, 0.6) is 0 Å². The molecule has 0 unspecified atom stereocenters. The fourth-order valence-corrected chi connectivity index (χ4v) is 3.70. The predicted octanol–water partition coefficient (Wildman–Crippen LogP) is 3.66. The Kier molecular flexibility index (Phi) is 6.35. The van der Waals surface area contributed by atoms with E-state index in [2.05, 4.69) is 41.4 Å². The van der Waals surface area contributed by atoms with Crippen molar-refractivity contribution in [2.24, 2.45) is 0 Å². The normalized spacial score (nSPS) is 14.0. The van der Waals surface area contributed by atoms with Crippen molar-refractivity contribution < 1.29 is 9.53 Å². The molecule has 7 heteroatoms. The number of morpholine rings is 1. The quantitative estimate of drug-likeness (QED) is 0.656. The number of ether oxygens (including phenoxy) is 1. The zero-order valence-corrected chi connectivity index (χ0v) is 17.7. The minimum atomic E-state index is -0.0959. The summed E-state index contributed by atoms with van der Waals surface area (Å²) >= 11 is 6.01. The molecule has 0 spiro atoms. The number of hydrogen-bond acceptors (Lipinski definition) is 4. The molecule has 0 bridgehead atoms. The highest BCUT2D eigenvalue weighted by atomic mass is 35.5. The van der Waals surface area contributed by atoms with Crippen LogP contribution < -0.4 is 10.2 Å². The summed E-state index contributed by atoms with van der Waals surface area (Å²) in [4.78, 5) is 14.7. The molecule has 0 aliphatic carbocycles. The van der Waals surface area contributed by atoms with Gasteiger partial charge in [-0.2, -0.15) is 5.10 Å². The molecule has 156 valence electrons. The lowest BCUT2D eigenvalue weighted by Crippen LogP contribution is -2.37. The fourth-order valence-electron chi connectivity index (χ4n) is 3.49. The summed E-state index contributed by atoms with van der Waals surface area (Å²) in [6.45, 7) is 5.60. The van der Waals surface area contributed by atoms with E-state index >= 15 is 0 Å². The van der Waals surface area contributed by atoms with Crippen LogP contribution in [0.4, 0.5) is 5.82 Å². The number of rotatable bonds is 6. The van der Waals surface area contributed by atoms with Gasteiger partial charge < -0.3 is 15.0 Å². The van der Waals surface area contributed by atoms with Crippen LogP contribution in [0, 0.1) is 6.92 Å². The maximum absolute atomic E-state index is 12.5. The Bertz CT molecular complexity index is 1010. The first kappa shape index (κ1) is 20.4. The van der Waals surface area contributed by atoms with Crippen molar-refractivity contribution in [3.8, 4) is 11.1 Å². The summed E-state index contributed by atoms with van der Waals surface area (Å²) in [5.41, 5.74) is 4.29. The van der Waals surface area contributed by atoms with Crippen LogP contribution in [0.3, 0.4) is 0 Å². The number of aryl methyl sites for hydroxylation is 1. The summed E-state index contributed by atoms with van der Waals surface area (Å²) < 4.78 is 7.20. The topological polar surface area (TPSA) is 59.4 Å². The van der Waals surface area contributed by atoms with E-state index in [4.69, 9.17) is 21.4 Å². The molecule has 30 heavy (non-hydrogen) atoms. The largest absolute Gasteiger partial charge is 0.378 e. The SMILES string of the molecule is Cc1ccc(-c2cn(CC(=O)NCc3cccc(Cl)c3)nc2N2CCOCC2)cc1. The van der Waals surface area contributed by atoms with Gasteiger partial charge in [0, 0.05) is 36.4 Å². The van der Waals surface area contributed by atoms with Crippen molar-refractivity contribution in [1.29, 1.82) is 0 Å². The first-order valence-corrected chi connectivity index (χ1v) is 10.4. The van der Waals surface area contributed by atoms with Crippen LogP contribution in [-0.2, 0) is 22.6 Å². The van der Waals surface area contributed by atoms with Gasteiger partial charge in [0.2, 0.25) is 5.91 Å². The van der Waals surface area contributed by atoms with Gasteiger partial charge in [-0.1, -0.05) is 53.6 Å². The van der Waals surface area contributed by atoms with Gasteiger partial charge in [-0.3, -0.25) is 9.48 Å². The average Bonchev–Trinajstić information content (AvgIpc) is 3.17. The third-order valence-electron chi connectivity index (χ3n) is 5.10. The summed E-state index contributed by atoms with van der Waals surface area (Å²) in [7, 11) is 0. The van der Waals surface area contributed by atoms with Crippen molar-refractivity contribution in [1.82, 2.24) is 15.1 Å². The van der Waals surface area contributed by atoms with E-state index in [0.29, 0.717) is 24.8 Å². The molecule has 1 aliphatic rings. The lowest BCUT2D eigenvalue weighted by molar-refractivity contribution is -0.122. The first-order valence-electron chi connectivity index (χ1n) is 10.1. The van der Waals surface area contributed by atoms with Gasteiger partial charge in [0.1, 0.15) is 6.54 Å². The molecule has 1 aliphatic heterocycles. The lowest BCUT2D eigenvalue weighted by Gasteiger charge is -2.27. The van der Waals surface area contributed by atoms with Crippen molar-refractivity contribution >= 4 is 23.3 Å². The van der Waals surface area contributed by atoms with Gasteiger partial charge in [0.15, 0.2) is 5.82 Å². The second-order valence-corrected chi connectivity index (χ2v) is 7.87. The molecule has 1 fully saturated rings. The molecule has 1 aromatic heterocycles. The van der Waals surface area contributed by atoms with E-state index in [1.54, 1.807) is 4.68 Å². The standard InChI is InChI=1S/C23H25ClN4O2/c1-17-5-7-19(8-6-17)21-15-28(26-23(21)27-9-11-30-12-10-27)16-22(29)25-14-18-3-2-4-20(24)13-18/h2-8,13,15H,9-12,14,16H2,1H3,(H,25,29). The maximum Gasteiger partial charge on any atom is 0.241 e. The molecular weight excluding hydrogens is 400 g/mol. The van der Waals surface area contributed by atoms with Crippen molar-refractivity contribution in [3.05, 3.63) is 70.9 Å². The van der Waals surface area contributed by atoms with Gasteiger partial charge in [-0.05, 0) is 30.2 Å². The number of nitrogens with zero attached hydrogens (tertiary/aromatic N) is 3. The Morgan fingerprint density at radius 1 is 1.17 bits per heavy atom. The number of anilines is 1. The molecule has 0 atom stereocenters. The van der Waals surface area contributed by atoms with Crippen LogP contribution >= 0.6 is 11.6 Å². The molecule has 1 N–H and O–H groups in total. The number of amides is 1. The summed E-state index contributed by atoms with van der Waals surface area (Å²) in [5.74, 6) is 0.797. The van der Waals surface area contributed by atoms with E-state index < -0.39 is 0 Å². The summed E-state index contributed by atoms with van der Waals surface area (Å²) in [6, 6.07) is 15.9. The Hall–Kier alpha value is -2.83. The van der Waals surface area contributed by atoms with Gasteiger partial charge >= 0.3 is 0 Å². The Balaban J connectivity index is 1.51. The Morgan fingerprint density at radius 2 is 1.93 bits per heavy atom. The van der Waals surface area contributed by atoms with E-state index in [-0.39, 0.29) is 12.5 Å². The second kappa shape index (κ2) is 9.32. The van der Waals surface area contributed by atoms with Crippen LogP contribution in [-0.4, -0.2) is 42.0 Å². The number of benzene rings is 2.